The highest BCUT2D eigenvalue weighted by atomic mass is 35.5. The van der Waals surface area contributed by atoms with Crippen molar-refractivity contribution in [3.05, 3.63) is 65.2 Å². The molecule has 2 aromatic rings. The molecular formula is C22H24ClN3O3. The number of aliphatic hydroxyl groups is 1. The highest BCUT2D eigenvalue weighted by molar-refractivity contribution is 6.31. The Balaban J connectivity index is 1.38. The van der Waals surface area contributed by atoms with Crippen molar-refractivity contribution in [2.45, 2.75) is 18.6 Å². The lowest BCUT2D eigenvalue weighted by Crippen LogP contribution is -2.58. The van der Waals surface area contributed by atoms with Crippen LogP contribution in [0.4, 0.5) is 5.69 Å². The minimum atomic E-state index is -1.97. The summed E-state index contributed by atoms with van der Waals surface area (Å²) in [5.41, 5.74) is -0.219. The molecule has 6 nitrogen and oxygen atoms in total. The second-order valence-electron chi connectivity index (χ2n) is 7.56. The molecule has 1 unspecified atom stereocenters. The van der Waals surface area contributed by atoms with Crippen LogP contribution in [-0.2, 0) is 16.1 Å². The normalized spacial score (nSPS) is 22.9. The van der Waals surface area contributed by atoms with Gasteiger partial charge in [-0.1, -0.05) is 48.0 Å². The van der Waals surface area contributed by atoms with Gasteiger partial charge in [0.25, 0.3) is 11.8 Å². The van der Waals surface area contributed by atoms with E-state index < -0.39 is 17.4 Å². The second kappa shape index (κ2) is 8.14. The van der Waals surface area contributed by atoms with Crippen molar-refractivity contribution in [3.8, 4) is 0 Å². The van der Waals surface area contributed by atoms with Crippen LogP contribution >= 0.6 is 11.6 Å². The number of halogens is 1. The molecule has 2 saturated heterocycles. The van der Waals surface area contributed by atoms with E-state index in [2.05, 4.69) is 4.90 Å². The molecular weight excluding hydrogens is 390 g/mol. The van der Waals surface area contributed by atoms with Crippen molar-refractivity contribution in [2.24, 2.45) is 0 Å². The molecule has 1 N–H and O–H groups in total. The fourth-order valence-electron chi connectivity index (χ4n) is 4.00. The third-order valence-electron chi connectivity index (χ3n) is 5.73. The summed E-state index contributed by atoms with van der Waals surface area (Å²) in [7, 11) is 0. The van der Waals surface area contributed by atoms with Crippen LogP contribution in [0.15, 0.2) is 54.6 Å². The van der Waals surface area contributed by atoms with Gasteiger partial charge in [0.05, 0.1) is 0 Å². The van der Waals surface area contributed by atoms with Crippen molar-refractivity contribution in [1.82, 2.24) is 9.80 Å². The van der Waals surface area contributed by atoms with E-state index in [1.165, 1.54) is 4.90 Å². The van der Waals surface area contributed by atoms with Gasteiger partial charge in [-0.25, -0.2) is 0 Å². The van der Waals surface area contributed by atoms with E-state index in [1.54, 1.807) is 4.90 Å². The van der Waals surface area contributed by atoms with Gasteiger partial charge < -0.3 is 14.9 Å². The van der Waals surface area contributed by atoms with Gasteiger partial charge in [0.1, 0.15) is 0 Å². The summed E-state index contributed by atoms with van der Waals surface area (Å²) >= 11 is 6.24. The number of anilines is 1. The molecule has 29 heavy (non-hydrogen) atoms. The molecule has 0 spiro atoms. The Bertz CT molecular complexity index is 899. The van der Waals surface area contributed by atoms with Crippen LogP contribution in [0.5, 0.6) is 0 Å². The lowest BCUT2D eigenvalue weighted by Gasteiger charge is -2.37. The monoisotopic (exact) mass is 413 g/mol. The summed E-state index contributed by atoms with van der Waals surface area (Å²) in [4.78, 5) is 31.2. The summed E-state index contributed by atoms with van der Waals surface area (Å²) in [6.07, 6.45) is 0.111. The average molecular weight is 414 g/mol. The summed E-state index contributed by atoms with van der Waals surface area (Å²) < 4.78 is 0. The van der Waals surface area contributed by atoms with Gasteiger partial charge >= 0.3 is 0 Å². The third kappa shape index (κ3) is 3.88. The molecule has 2 aliphatic rings. The molecule has 4 rings (SSSR count). The first-order chi connectivity index (χ1) is 14.0. The topological polar surface area (TPSA) is 64.1 Å². The number of amides is 2. The van der Waals surface area contributed by atoms with Crippen LogP contribution in [0, 0.1) is 0 Å². The Morgan fingerprint density at radius 2 is 1.62 bits per heavy atom. The predicted octanol–water partition coefficient (Wildman–Crippen LogP) is 2.15. The first kappa shape index (κ1) is 19.9. The highest BCUT2D eigenvalue weighted by Gasteiger charge is 2.53. The van der Waals surface area contributed by atoms with Crippen LogP contribution in [0.1, 0.15) is 12.0 Å². The van der Waals surface area contributed by atoms with Crippen LogP contribution < -0.4 is 4.90 Å². The van der Waals surface area contributed by atoms with Crippen molar-refractivity contribution < 1.29 is 14.7 Å². The van der Waals surface area contributed by atoms with Crippen molar-refractivity contribution in [3.63, 3.8) is 0 Å². The van der Waals surface area contributed by atoms with E-state index in [4.69, 9.17) is 11.6 Å². The number of benzene rings is 2. The molecule has 2 fully saturated rings. The lowest BCUT2D eigenvalue weighted by atomic mass is 10.00. The number of piperazine rings is 1. The maximum atomic E-state index is 13.0. The van der Waals surface area contributed by atoms with Gasteiger partial charge in [0.2, 0.25) is 5.60 Å². The van der Waals surface area contributed by atoms with Crippen LogP contribution in [-0.4, -0.2) is 65.0 Å². The number of carbonyl (C=O) groups is 2. The van der Waals surface area contributed by atoms with Crippen LogP contribution in [0.3, 0.4) is 0 Å². The number of carbonyl (C=O) groups excluding carboxylic acids is 2. The predicted molar refractivity (Wildman–Crippen MR) is 112 cm³/mol. The van der Waals surface area contributed by atoms with Crippen LogP contribution in [0.25, 0.3) is 0 Å². The minimum absolute atomic E-state index is 0.111. The maximum Gasteiger partial charge on any atom is 0.268 e. The first-order valence-electron chi connectivity index (χ1n) is 9.83. The number of hydrogen-bond donors (Lipinski definition) is 1. The first-order valence-corrected chi connectivity index (χ1v) is 10.2. The summed E-state index contributed by atoms with van der Waals surface area (Å²) in [6, 6.07) is 16.9. The van der Waals surface area contributed by atoms with Gasteiger partial charge in [-0.2, -0.15) is 0 Å². The van der Waals surface area contributed by atoms with E-state index in [0.29, 0.717) is 45.0 Å². The lowest BCUT2D eigenvalue weighted by molar-refractivity contribution is -0.158. The zero-order chi connectivity index (χ0) is 20.4. The molecule has 7 heteroatoms. The quantitative estimate of drug-likeness (QED) is 0.780. The van der Waals surface area contributed by atoms with Crippen molar-refractivity contribution >= 4 is 29.1 Å². The van der Waals surface area contributed by atoms with E-state index in [-0.39, 0.29) is 6.42 Å². The summed E-state index contributed by atoms with van der Waals surface area (Å²) in [6.45, 7) is 3.34. The number of hydrogen-bond acceptors (Lipinski definition) is 4. The highest BCUT2D eigenvalue weighted by Crippen LogP contribution is 2.30. The van der Waals surface area contributed by atoms with Crippen molar-refractivity contribution in [2.75, 3.05) is 37.6 Å². The second-order valence-corrected chi connectivity index (χ2v) is 7.97. The SMILES string of the molecule is O=C(N1CCN(Cc2ccccc2Cl)CC1)C1(O)CCN(c2ccccc2)C1=O. The number of para-hydroxylation sites is 1. The molecule has 1 atom stereocenters. The van der Waals surface area contributed by atoms with Gasteiger partial charge in [-0.3, -0.25) is 14.5 Å². The maximum absolute atomic E-state index is 13.0. The van der Waals surface area contributed by atoms with Gasteiger partial charge in [0.15, 0.2) is 0 Å². The number of nitrogens with zero attached hydrogens (tertiary/aromatic N) is 3. The van der Waals surface area contributed by atoms with Gasteiger partial charge in [-0.05, 0) is 23.8 Å². The van der Waals surface area contributed by atoms with Gasteiger partial charge in [-0.15, -0.1) is 0 Å². The summed E-state index contributed by atoms with van der Waals surface area (Å²) in [5, 5.41) is 11.7. The Kier molecular flexibility index (Phi) is 5.58. The molecule has 0 saturated carbocycles. The molecule has 0 aromatic heterocycles. The molecule has 0 bridgehead atoms. The zero-order valence-electron chi connectivity index (χ0n) is 16.1. The zero-order valence-corrected chi connectivity index (χ0v) is 16.9. The fraction of sp³-hybridized carbons (Fsp3) is 0.364. The number of rotatable bonds is 4. The molecule has 2 amide bonds. The Labute approximate surface area is 175 Å². The molecule has 2 heterocycles. The molecule has 2 aliphatic heterocycles. The molecule has 0 aliphatic carbocycles. The smallest absolute Gasteiger partial charge is 0.268 e. The van der Waals surface area contributed by atoms with E-state index >= 15 is 0 Å². The molecule has 2 aromatic carbocycles. The van der Waals surface area contributed by atoms with E-state index in [0.717, 1.165) is 10.6 Å². The Morgan fingerprint density at radius 1 is 0.966 bits per heavy atom. The van der Waals surface area contributed by atoms with E-state index in [1.807, 2.05) is 54.6 Å². The Morgan fingerprint density at radius 3 is 2.31 bits per heavy atom. The summed E-state index contributed by atoms with van der Waals surface area (Å²) in [5.74, 6) is -1.02. The van der Waals surface area contributed by atoms with Gasteiger partial charge in [0, 0.05) is 56.4 Å². The molecule has 152 valence electrons. The van der Waals surface area contributed by atoms with Crippen molar-refractivity contribution in [1.29, 1.82) is 0 Å². The standard InChI is InChI=1S/C22H24ClN3O3/c23-19-9-5-4-6-17(19)16-24-12-14-25(15-13-24)20(27)22(29)10-11-26(21(22)28)18-7-2-1-3-8-18/h1-9,29H,10-16H2. The minimum Gasteiger partial charge on any atom is -0.372 e. The molecule has 0 radical (unpaired) electrons. The Hall–Kier alpha value is -2.41. The van der Waals surface area contributed by atoms with E-state index in [9.17, 15) is 14.7 Å². The fourth-order valence-corrected chi connectivity index (χ4v) is 4.19. The average Bonchev–Trinajstić information content (AvgIpc) is 3.06. The van der Waals surface area contributed by atoms with Crippen LogP contribution in [0.2, 0.25) is 5.02 Å². The third-order valence-corrected chi connectivity index (χ3v) is 6.10. The largest absolute Gasteiger partial charge is 0.372 e.